The van der Waals surface area contributed by atoms with Crippen molar-refractivity contribution in [2.24, 2.45) is 0 Å². The molecule has 0 radical (unpaired) electrons. The predicted molar refractivity (Wildman–Crippen MR) is 44.2 cm³/mol. The molecule has 0 bridgehead atoms. The second kappa shape index (κ2) is 4.67. The van der Waals surface area contributed by atoms with Crippen LogP contribution in [0.2, 0.25) is 0 Å². The maximum atomic E-state index is 10.3. The van der Waals surface area contributed by atoms with E-state index in [1.807, 2.05) is 6.07 Å². The highest BCUT2D eigenvalue weighted by atomic mass is 16.5. The van der Waals surface area contributed by atoms with E-state index < -0.39 is 6.09 Å². The van der Waals surface area contributed by atoms with Crippen LogP contribution >= 0.6 is 0 Å². The Bertz CT molecular complexity index is 224. The van der Waals surface area contributed by atoms with Crippen LogP contribution in [0.15, 0.2) is 0 Å². The smallest absolute Gasteiger partial charge is 0.404 e. The maximum absolute atomic E-state index is 10.3. The van der Waals surface area contributed by atoms with Crippen molar-refractivity contribution in [2.45, 2.75) is 31.4 Å². The molecule has 2 atom stereocenters. The average molecular weight is 184 g/mol. The van der Waals surface area contributed by atoms with Crippen LogP contribution in [0, 0.1) is 11.3 Å². The number of nitrogens with one attached hydrogen (secondary N) is 1. The van der Waals surface area contributed by atoms with Gasteiger partial charge in [-0.2, -0.15) is 5.26 Å². The van der Waals surface area contributed by atoms with Gasteiger partial charge in [-0.1, -0.05) is 0 Å². The lowest BCUT2D eigenvalue weighted by molar-refractivity contribution is 0.0614. The highest BCUT2D eigenvalue weighted by Gasteiger charge is 2.28. The number of carbonyl (C=O) groups is 1. The standard InChI is InChI=1S/C8H12N2O3/c9-4-5-13-7-3-1-2-6(7)10-8(11)12/h6-7,10H,1-3,5H2,(H,11,12)/t6-,7-/m0/s1. The van der Waals surface area contributed by atoms with E-state index in [9.17, 15) is 4.79 Å². The summed E-state index contributed by atoms with van der Waals surface area (Å²) in [7, 11) is 0. The molecule has 0 heterocycles. The highest BCUT2D eigenvalue weighted by Crippen LogP contribution is 2.21. The third-order valence-corrected chi connectivity index (χ3v) is 2.12. The van der Waals surface area contributed by atoms with Crippen molar-refractivity contribution < 1.29 is 14.6 Å². The minimum Gasteiger partial charge on any atom is -0.465 e. The van der Waals surface area contributed by atoms with Crippen LogP contribution < -0.4 is 5.32 Å². The lowest BCUT2D eigenvalue weighted by atomic mass is 10.2. The zero-order chi connectivity index (χ0) is 9.68. The van der Waals surface area contributed by atoms with Crippen molar-refractivity contribution in [2.75, 3.05) is 6.61 Å². The fourth-order valence-electron chi connectivity index (χ4n) is 1.59. The van der Waals surface area contributed by atoms with Gasteiger partial charge in [0.1, 0.15) is 6.61 Å². The first-order valence-corrected chi connectivity index (χ1v) is 4.22. The number of nitriles is 1. The number of ether oxygens (including phenoxy) is 1. The Hall–Kier alpha value is -1.28. The van der Waals surface area contributed by atoms with E-state index >= 15 is 0 Å². The van der Waals surface area contributed by atoms with Crippen LogP contribution in [-0.2, 0) is 4.74 Å². The van der Waals surface area contributed by atoms with E-state index in [4.69, 9.17) is 15.1 Å². The Morgan fingerprint density at radius 1 is 1.69 bits per heavy atom. The molecular weight excluding hydrogens is 172 g/mol. The van der Waals surface area contributed by atoms with Crippen molar-refractivity contribution in [1.29, 1.82) is 5.26 Å². The van der Waals surface area contributed by atoms with Crippen molar-refractivity contribution in [3.05, 3.63) is 0 Å². The Balaban J connectivity index is 2.35. The molecule has 1 saturated carbocycles. The summed E-state index contributed by atoms with van der Waals surface area (Å²) in [5.74, 6) is 0. The third kappa shape index (κ3) is 2.92. The van der Waals surface area contributed by atoms with E-state index in [0.717, 1.165) is 19.3 Å². The SMILES string of the molecule is N#CCO[C@H]1CCC[C@@H]1NC(=O)O. The molecule has 1 aliphatic rings. The van der Waals surface area contributed by atoms with Crippen LogP contribution in [-0.4, -0.2) is 30.0 Å². The van der Waals surface area contributed by atoms with Crippen LogP contribution in [0.4, 0.5) is 4.79 Å². The summed E-state index contributed by atoms with van der Waals surface area (Å²) < 4.78 is 5.18. The van der Waals surface area contributed by atoms with Gasteiger partial charge in [0.2, 0.25) is 0 Å². The molecule has 13 heavy (non-hydrogen) atoms. The highest BCUT2D eigenvalue weighted by molar-refractivity contribution is 5.65. The maximum Gasteiger partial charge on any atom is 0.404 e. The van der Waals surface area contributed by atoms with Crippen LogP contribution in [0.5, 0.6) is 0 Å². The molecular formula is C8H12N2O3. The van der Waals surface area contributed by atoms with Gasteiger partial charge >= 0.3 is 6.09 Å². The zero-order valence-electron chi connectivity index (χ0n) is 7.19. The average Bonchev–Trinajstić information content (AvgIpc) is 2.48. The Kier molecular flexibility index (Phi) is 3.53. The summed E-state index contributed by atoms with van der Waals surface area (Å²) in [5.41, 5.74) is 0. The molecule has 5 heteroatoms. The predicted octanol–water partition coefficient (Wildman–Crippen LogP) is 0.715. The minimum atomic E-state index is -1.03. The molecule has 5 nitrogen and oxygen atoms in total. The molecule has 72 valence electrons. The fraction of sp³-hybridized carbons (Fsp3) is 0.750. The molecule has 1 amide bonds. The number of hydrogen-bond donors (Lipinski definition) is 2. The minimum absolute atomic E-state index is 0.0302. The van der Waals surface area contributed by atoms with Crippen molar-refractivity contribution in [3.63, 3.8) is 0 Å². The third-order valence-electron chi connectivity index (χ3n) is 2.12. The first kappa shape index (κ1) is 9.81. The van der Waals surface area contributed by atoms with Gasteiger partial charge in [0.15, 0.2) is 0 Å². The van der Waals surface area contributed by atoms with Crippen molar-refractivity contribution in [1.82, 2.24) is 5.32 Å². The fourth-order valence-corrected chi connectivity index (χ4v) is 1.59. The monoisotopic (exact) mass is 184 g/mol. The van der Waals surface area contributed by atoms with Crippen LogP contribution in [0.3, 0.4) is 0 Å². The first-order valence-electron chi connectivity index (χ1n) is 4.22. The van der Waals surface area contributed by atoms with E-state index in [1.54, 1.807) is 0 Å². The first-order chi connectivity index (χ1) is 6.24. The van der Waals surface area contributed by atoms with Gasteiger partial charge in [0.25, 0.3) is 0 Å². The quantitative estimate of drug-likeness (QED) is 0.676. The largest absolute Gasteiger partial charge is 0.465 e. The van der Waals surface area contributed by atoms with Gasteiger partial charge in [-0.15, -0.1) is 0 Å². The van der Waals surface area contributed by atoms with Gasteiger partial charge in [-0.3, -0.25) is 0 Å². The van der Waals surface area contributed by atoms with Crippen LogP contribution in [0.1, 0.15) is 19.3 Å². The molecule has 0 aromatic heterocycles. The Labute approximate surface area is 76.3 Å². The summed E-state index contributed by atoms with van der Waals surface area (Å²) >= 11 is 0. The van der Waals surface area contributed by atoms with Gasteiger partial charge in [0.05, 0.1) is 18.2 Å². The number of rotatable bonds is 3. The molecule has 2 N–H and O–H groups in total. The second-order valence-corrected chi connectivity index (χ2v) is 2.99. The molecule has 0 aliphatic heterocycles. The number of carboxylic acid groups (broad SMARTS) is 1. The van der Waals surface area contributed by atoms with E-state index in [1.165, 1.54) is 0 Å². The van der Waals surface area contributed by atoms with Crippen molar-refractivity contribution >= 4 is 6.09 Å². The number of amides is 1. The van der Waals surface area contributed by atoms with E-state index in [0.29, 0.717) is 0 Å². The summed E-state index contributed by atoms with van der Waals surface area (Å²) in [6.07, 6.45) is 1.41. The molecule has 0 aromatic carbocycles. The van der Waals surface area contributed by atoms with Crippen LogP contribution in [0.25, 0.3) is 0 Å². The van der Waals surface area contributed by atoms with E-state index in [2.05, 4.69) is 5.32 Å². The topological polar surface area (TPSA) is 82.3 Å². The molecule has 1 aliphatic carbocycles. The summed E-state index contributed by atoms with van der Waals surface area (Å²) in [6.45, 7) is 0.0302. The molecule has 1 fully saturated rings. The summed E-state index contributed by atoms with van der Waals surface area (Å²) in [4.78, 5) is 10.3. The Morgan fingerprint density at radius 2 is 2.46 bits per heavy atom. The van der Waals surface area contributed by atoms with Gasteiger partial charge in [0, 0.05) is 0 Å². The normalized spacial score (nSPS) is 26.7. The summed E-state index contributed by atoms with van der Waals surface area (Å²) in [5, 5.41) is 19.2. The van der Waals surface area contributed by atoms with E-state index in [-0.39, 0.29) is 18.8 Å². The number of hydrogen-bond acceptors (Lipinski definition) is 3. The van der Waals surface area contributed by atoms with Gasteiger partial charge in [-0.25, -0.2) is 4.79 Å². The molecule has 0 spiro atoms. The second-order valence-electron chi connectivity index (χ2n) is 2.99. The number of nitrogens with zero attached hydrogens (tertiary/aromatic N) is 1. The lowest BCUT2D eigenvalue weighted by Crippen LogP contribution is -2.40. The molecule has 1 rings (SSSR count). The van der Waals surface area contributed by atoms with Gasteiger partial charge < -0.3 is 15.2 Å². The van der Waals surface area contributed by atoms with Gasteiger partial charge in [-0.05, 0) is 19.3 Å². The lowest BCUT2D eigenvalue weighted by Gasteiger charge is -2.18. The molecule has 0 aromatic rings. The molecule has 0 saturated heterocycles. The zero-order valence-corrected chi connectivity index (χ0v) is 7.19. The summed E-state index contributed by atoms with van der Waals surface area (Å²) in [6, 6.07) is 1.72. The Morgan fingerprint density at radius 3 is 3.08 bits per heavy atom. The molecule has 0 unspecified atom stereocenters. The van der Waals surface area contributed by atoms with Crippen molar-refractivity contribution in [3.8, 4) is 6.07 Å².